The van der Waals surface area contributed by atoms with Gasteiger partial charge in [-0.1, -0.05) is 0 Å². The molecule has 0 rings (SSSR count). The molecule has 0 unspecified atom stereocenters. The average Bonchev–Trinajstić information content (AvgIpc) is 1.59. The summed E-state index contributed by atoms with van der Waals surface area (Å²) in [6, 6.07) is 0. The van der Waals surface area contributed by atoms with E-state index in [4.69, 9.17) is 0 Å². The Hall–Kier alpha value is 2.78. The minimum Gasteiger partial charge on any atom is -0.809 e. The van der Waals surface area contributed by atoms with Gasteiger partial charge in [-0.05, 0) is 15.2 Å². The van der Waals surface area contributed by atoms with E-state index in [0.29, 0.717) is 0 Å². The molecular formula is CH3Ca2NO6P2. The Morgan fingerprint density at radius 3 is 1.08 bits per heavy atom. The number of rotatable bonds is 2. The molecule has 0 aliphatic heterocycles. The van der Waals surface area contributed by atoms with Gasteiger partial charge in [0.25, 0.3) is 0 Å². The molecule has 0 fully saturated rings. The Labute approximate surface area is 128 Å². The van der Waals surface area contributed by atoms with Gasteiger partial charge in [0.2, 0.25) is 0 Å². The van der Waals surface area contributed by atoms with Crippen molar-refractivity contribution in [3.63, 3.8) is 0 Å². The second kappa shape index (κ2) is 7.12. The Kier molecular flexibility index (Phi) is 12.0. The molecular weight excluding hydrogens is 264 g/mol. The van der Waals surface area contributed by atoms with Gasteiger partial charge in [-0.25, -0.2) is 0 Å². The van der Waals surface area contributed by atoms with E-state index in [2.05, 4.69) is 5.73 Å². The van der Waals surface area contributed by atoms with Crippen molar-refractivity contribution in [2.45, 2.75) is 5.52 Å². The molecule has 0 aliphatic rings. The summed E-state index contributed by atoms with van der Waals surface area (Å²) in [5.41, 5.74) is 1.40. The minimum atomic E-state index is -5.49. The summed E-state index contributed by atoms with van der Waals surface area (Å²) in [5.74, 6) is 0. The third-order valence-corrected chi connectivity index (χ3v) is 3.64. The van der Waals surface area contributed by atoms with Crippen molar-refractivity contribution in [3.05, 3.63) is 0 Å². The van der Waals surface area contributed by atoms with E-state index in [9.17, 15) is 28.7 Å². The second-order valence-electron chi connectivity index (χ2n) is 1.49. The Morgan fingerprint density at radius 1 is 0.917 bits per heavy atom. The van der Waals surface area contributed by atoms with Crippen LogP contribution in [0.1, 0.15) is 0 Å². The van der Waals surface area contributed by atoms with Crippen LogP contribution in [0.4, 0.5) is 0 Å². The van der Waals surface area contributed by atoms with E-state index in [1.54, 1.807) is 0 Å². The standard InChI is InChI=1S/CH7NO6P2.2Ca/c2-1(9(3,4)5)10(6,7)8;;/h1H,2H2,(H2,3,4,5)(H2,6,7,8);;/q;2*+2/p-4. The van der Waals surface area contributed by atoms with Crippen LogP contribution < -0.4 is 25.3 Å². The molecule has 0 bridgehead atoms. The molecule has 0 aromatic carbocycles. The van der Waals surface area contributed by atoms with Gasteiger partial charge in [-0.2, -0.15) is 0 Å². The van der Waals surface area contributed by atoms with Gasteiger partial charge < -0.3 is 34.4 Å². The van der Waals surface area contributed by atoms with Crippen LogP contribution >= 0.6 is 15.2 Å². The van der Waals surface area contributed by atoms with Gasteiger partial charge in [0.05, 0.1) is 5.52 Å². The third-order valence-electron chi connectivity index (χ3n) is 0.648. The molecule has 0 aliphatic carbocycles. The van der Waals surface area contributed by atoms with Crippen LogP contribution in [-0.2, 0) is 9.13 Å². The summed E-state index contributed by atoms with van der Waals surface area (Å²) in [7, 11) is -11.0. The molecule has 2 N–H and O–H groups in total. The Balaban J connectivity index is -0.000000405. The average molecular weight is 267 g/mol. The van der Waals surface area contributed by atoms with Gasteiger partial charge in [-0.15, -0.1) is 0 Å². The maximum absolute atomic E-state index is 9.75. The van der Waals surface area contributed by atoms with Crippen LogP contribution in [0.25, 0.3) is 0 Å². The van der Waals surface area contributed by atoms with E-state index in [0.717, 1.165) is 0 Å². The van der Waals surface area contributed by atoms with Crippen LogP contribution in [0.15, 0.2) is 0 Å². The van der Waals surface area contributed by atoms with Gasteiger partial charge in [0.1, 0.15) is 0 Å². The predicted molar refractivity (Wildman–Crippen MR) is 34.7 cm³/mol. The van der Waals surface area contributed by atoms with E-state index < -0.39 is 20.7 Å². The van der Waals surface area contributed by atoms with E-state index in [1.807, 2.05) is 0 Å². The van der Waals surface area contributed by atoms with Gasteiger partial charge in [0, 0.05) is 0 Å². The fraction of sp³-hybridized carbons (Fsp3) is 1.00. The Morgan fingerprint density at radius 2 is 1.08 bits per heavy atom. The van der Waals surface area contributed by atoms with Crippen molar-refractivity contribution in [3.8, 4) is 0 Å². The molecule has 0 aromatic heterocycles. The normalized spacial score (nSPS) is 11.8. The monoisotopic (exact) mass is 267 g/mol. The molecule has 0 amide bonds. The number of nitrogens with two attached hydrogens (primary N) is 1. The molecule has 0 saturated heterocycles. The summed E-state index contributed by atoms with van der Waals surface area (Å²) >= 11 is 0. The first-order chi connectivity index (χ1) is 4.15. The van der Waals surface area contributed by atoms with Crippen molar-refractivity contribution in [1.82, 2.24) is 0 Å². The topological polar surface area (TPSA) is 152 Å². The SMILES string of the molecule is NC(P(=O)([O-])[O-])P(=O)([O-])[O-].[Ca+2].[Ca+2]. The molecule has 0 saturated carbocycles. The molecule has 0 spiro atoms. The number of hydrogen-bond donors (Lipinski definition) is 1. The molecule has 0 heterocycles. The summed E-state index contributed by atoms with van der Waals surface area (Å²) in [4.78, 5) is 39.0. The zero-order chi connectivity index (χ0) is 8.58. The van der Waals surface area contributed by atoms with Crippen molar-refractivity contribution < 1.29 is 28.7 Å². The van der Waals surface area contributed by atoms with Crippen molar-refractivity contribution >= 4 is 90.7 Å². The van der Waals surface area contributed by atoms with E-state index in [1.165, 1.54) is 0 Å². The number of hydrogen-bond acceptors (Lipinski definition) is 7. The first-order valence-corrected chi connectivity index (χ1v) is 5.17. The zero-order valence-electron chi connectivity index (χ0n) is 5.91. The first kappa shape index (κ1) is 20.2. The van der Waals surface area contributed by atoms with Crippen LogP contribution in [-0.4, -0.2) is 81.0 Å². The van der Waals surface area contributed by atoms with Gasteiger partial charge in [0.15, 0.2) is 0 Å². The molecule has 0 radical (unpaired) electrons. The van der Waals surface area contributed by atoms with Crippen LogP contribution in [0, 0.1) is 0 Å². The summed E-state index contributed by atoms with van der Waals surface area (Å²) in [6.07, 6.45) is 0. The quantitative estimate of drug-likeness (QED) is 0.389. The van der Waals surface area contributed by atoms with E-state index >= 15 is 0 Å². The van der Waals surface area contributed by atoms with Crippen LogP contribution in [0.5, 0.6) is 0 Å². The minimum absolute atomic E-state index is 0. The van der Waals surface area contributed by atoms with Crippen molar-refractivity contribution in [1.29, 1.82) is 0 Å². The fourth-order valence-corrected chi connectivity index (χ4v) is 1.56. The predicted octanol–water partition coefficient (Wildman–Crippen LogP) is -4.71. The first-order valence-electron chi connectivity index (χ1n) is 1.95. The maximum Gasteiger partial charge on any atom is 2.00 e. The molecule has 11 heteroatoms. The molecule has 0 atom stereocenters. The molecule has 62 valence electrons. The van der Waals surface area contributed by atoms with Crippen molar-refractivity contribution in [2.75, 3.05) is 0 Å². The van der Waals surface area contributed by atoms with Crippen LogP contribution in [0.2, 0.25) is 0 Å². The fourth-order valence-electron chi connectivity index (χ4n) is 0.173. The third kappa shape index (κ3) is 8.12. The second-order valence-corrected chi connectivity index (χ2v) is 5.17. The summed E-state index contributed by atoms with van der Waals surface area (Å²) < 4.78 is 19.5. The smallest absolute Gasteiger partial charge is 0.809 e. The summed E-state index contributed by atoms with van der Waals surface area (Å²) in [6.45, 7) is 0. The molecule has 12 heavy (non-hydrogen) atoms. The molecule has 7 nitrogen and oxygen atoms in total. The van der Waals surface area contributed by atoms with Gasteiger partial charge in [-0.3, -0.25) is 0 Å². The maximum atomic E-state index is 9.75. The largest absolute Gasteiger partial charge is 2.00 e. The van der Waals surface area contributed by atoms with Gasteiger partial charge >= 0.3 is 75.5 Å². The molecule has 0 aromatic rings. The van der Waals surface area contributed by atoms with E-state index in [-0.39, 0.29) is 75.5 Å². The Bertz CT molecular complexity index is 186. The van der Waals surface area contributed by atoms with Crippen molar-refractivity contribution in [2.24, 2.45) is 5.73 Å². The summed E-state index contributed by atoms with van der Waals surface area (Å²) in [5, 5.41) is 0. The zero-order valence-corrected chi connectivity index (χ0v) is 12.1. The van der Waals surface area contributed by atoms with Crippen LogP contribution in [0.3, 0.4) is 0 Å².